The van der Waals surface area contributed by atoms with Crippen molar-refractivity contribution in [2.75, 3.05) is 33.4 Å². The van der Waals surface area contributed by atoms with Crippen molar-refractivity contribution in [3.05, 3.63) is 11.6 Å². The summed E-state index contributed by atoms with van der Waals surface area (Å²) in [6.07, 6.45) is 4.01. The van der Waals surface area contributed by atoms with Crippen molar-refractivity contribution in [2.45, 2.75) is 38.3 Å². The fraction of sp³-hybridized carbons (Fsp3) is 0.812. The molecule has 21 heavy (non-hydrogen) atoms. The summed E-state index contributed by atoms with van der Waals surface area (Å²) in [5.74, 6) is 0.260. The van der Waals surface area contributed by atoms with Crippen LogP contribution in [0.4, 0.5) is 0 Å². The van der Waals surface area contributed by atoms with Crippen LogP contribution in [0.1, 0.15) is 26.7 Å². The van der Waals surface area contributed by atoms with E-state index in [-0.39, 0.29) is 23.3 Å². The average Bonchev–Trinajstić information content (AvgIpc) is 2.95. The first-order valence-electron chi connectivity index (χ1n) is 7.79. The zero-order valence-electron chi connectivity index (χ0n) is 13.2. The third-order valence-corrected chi connectivity index (χ3v) is 5.73. The number of methoxy groups -OCH3 is 1. The maximum absolute atomic E-state index is 13.0. The zero-order valence-corrected chi connectivity index (χ0v) is 13.2. The van der Waals surface area contributed by atoms with E-state index in [9.17, 15) is 4.79 Å². The van der Waals surface area contributed by atoms with Crippen molar-refractivity contribution >= 4 is 5.91 Å². The normalized spacial score (nSPS) is 37.7. The summed E-state index contributed by atoms with van der Waals surface area (Å²) in [4.78, 5) is 14.9. The third kappa shape index (κ3) is 1.98. The molecule has 0 spiro atoms. The highest BCUT2D eigenvalue weighted by molar-refractivity contribution is 5.90. The lowest BCUT2D eigenvalue weighted by atomic mass is 9.47. The molecule has 0 radical (unpaired) electrons. The number of hydrogen-bond acceptors (Lipinski definition) is 4. The summed E-state index contributed by atoms with van der Waals surface area (Å²) < 4.78 is 10.9. The Balaban J connectivity index is 1.74. The minimum atomic E-state index is -0.777. The molecule has 2 aliphatic heterocycles. The Hall–Kier alpha value is -0.910. The maximum Gasteiger partial charge on any atom is 0.243 e. The van der Waals surface area contributed by atoms with Crippen molar-refractivity contribution < 1.29 is 14.3 Å². The summed E-state index contributed by atoms with van der Waals surface area (Å²) in [6.45, 7) is 6.88. The maximum atomic E-state index is 13.0. The minimum Gasteiger partial charge on any atom is -0.380 e. The van der Waals surface area contributed by atoms with Crippen LogP contribution in [0.3, 0.4) is 0 Å². The van der Waals surface area contributed by atoms with Gasteiger partial charge in [-0.05, 0) is 18.4 Å². The molecule has 3 rings (SSSR count). The molecule has 3 aliphatic rings. The molecule has 0 aromatic rings. The molecule has 2 heterocycles. The Bertz CT molecular complexity index is 474. The van der Waals surface area contributed by atoms with Gasteiger partial charge in [0.05, 0.1) is 12.7 Å². The number of nitrogens with two attached hydrogens (primary N) is 1. The highest BCUT2D eigenvalue weighted by atomic mass is 16.5. The van der Waals surface area contributed by atoms with Gasteiger partial charge in [-0.3, -0.25) is 4.79 Å². The van der Waals surface area contributed by atoms with Gasteiger partial charge in [0, 0.05) is 38.1 Å². The lowest BCUT2D eigenvalue weighted by Crippen LogP contribution is -2.80. The Morgan fingerprint density at radius 3 is 2.95 bits per heavy atom. The Morgan fingerprint density at radius 2 is 2.33 bits per heavy atom. The molecular formula is C16H26N2O3. The van der Waals surface area contributed by atoms with E-state index < -0.39 is 5.54 Å². The van der Waals surface area contributed by atoms with Crippen LogP contribution >= 0.6 is 0 Å². The number of amides is 1. The molecule has 1 aliphatic carbocycles. The molecule has 0 bridgehead atoms. The van der Waals surface area contributed by atoms with E-state index in [1.807, 2.05) is 4.90 Å². The van der Waals surface area contributed by atoms with E-state index >= 15 is 0 Å². The van der Waals surface area contributed by atoms with Crippen molar-refractivity contribution in [2.24, 2.45) is 17.1 Å². The molecule has 5 heteroatoms. The van der Waals surface area contributed by atoms with Gasteiger partial charge >= 0.3 is 0 Å². The first-order valence-corrected chi connectivity index (χ1v) is 7.79. The summed E-state index contributed by atoms with van der Waals surface area (Å²) in [7, 11) is 1.70. The highest BCUT2D eigenvalue weighted by Crippen LogP contribution is 2.58. The number of nitrogens with zero attached hydrogens (tertiary/aromatic N) is 1. The van der Waals surface area contributed by atoms with Crippen LogP contribution < -0.4 is 5.73 Å². The Kier molecular flexibility index (Phi) is 3.62. The van der Waals surface area contributed by atoms with E-state index in [0.717, 1.165) is 26.0 Å². The molecule has 0 aromatic heterocycles. The van der Waals surface area contributed by atoms with E-state index in [1.54, 1.807) is 7.11 Å². The fourth-order valence-corrected chi connectivity index (χ4v) is 4.29. The zero-order chi connectivity index (χ0) is 15.3. The van der Waals surface area contributed by atoms with E-state index in [4.69, 9.17) is 15.2 Å². The molecule has 2 fully saturated rings. The van der Waals surface area contributed by atoms with Gasteiger partial charge in [-0.1, -0.05) is 19.9 Å². The van der Waals surface area contributed by atoms with Gasteiger partial charge in [-0.25, -0.2) is 0 Å². The molecule has 118 valence electrons. The lowest BCUT2D eigenvalue weighted by Gasteiger charge is -2.61. The van der Waals surface area contributed by atoms with Crippen LogP contribution in [0.2, 0.25) is 0 Å². The largest absolute Gasteiger partial charge is 0.380 e. The Labute approximate surface area is 126 Å². The van der Waals surface area contributed by atoms with Crippen LogP contribution in [0.25, 0.3) is 0 Å². The van der Waals surface area contributed by atoms with Crippen LogP contribution in [0, 0.1) is 11.3 Å². The second kappa shape index (κ2) is 5.07. The molecule has 5 nitrogen and oxygen atoms in total. The van der Waals surface area contributed by atoms with Crippen LogP contribution in [0.5, 0.6) is 0 Å². The van der Waals surface area contributed by atoms with E-state index in [2.05, 4.69) is 19.9 Å². The number of ether oxygens (including phenoxy) is 2. The lowest BCUT2D eigenvalue weighted by molar-refractivity contribution is -0.184. The molecule has 1 amide bonds. The number of carbonyl (C=O) groups excluding carboxylic acids is 1. The second-order valence-corrected chi connectivity index (χ2v) is 7.07. The van der Waals surface area contributed by atoms with Crippen molar-refractivity contribution in [1.82, 2.24) is 4.90 Å². The summed E-state index contributed by atoms with van der Waals surface area (Å²) in [5, 5.41) is 0. The van der Waals surface area contributed by atoms with E-state index in [1.165, 1.54) is 5.57 Å². The number of fused-ring (bicyclic) bond motifs is 1. The van der Waals surface area contributed by atoms with Crippen molar-refractivity contribution in [1.29, 1.82) is 0 Å². The molecule has 1 saturated carbocycles. The van der Waals surface area contributed by atoms with Gasteiger partial charge < -0.3 is 20.1 Å². The first-order chi connectivity index (χ1) is 9.92. The number of hydrogen-bond donors (Lipinski definition) is 1. The van der Waals surface area contributed by atoms with Gasteiger partial charge in [0.15, 0.2) is 0 Å². The molecule has 3 unspecified atom stereocenters. The smallest absolute Gasteiger partial charge is 0.243 e. The SMILES string of the molecule is COCC1=CCN(C(=O)C2(N)C3CCOC3C2(C)C)CC1. The second-order valence-electron chi connectivity index (χ2n) is 7.07. The third-order valence-electron chi connectivity index (χ3n) is 5.73. The molecular weight excluding hydrogens is 268 g/mol. The summed E-state index contributed by atoms with van der Waals surface area (Å²) in [5.41, 5.74) is 6.82. The van der Waals surface area contributed by atoms with Gasteiger partial charge in [0.2, 0.25) is 5.91 Å². The number of carbonyl (C=O) groups is 1. The van der Waals surface area contributed by atoms with Crippen molar-refractivity contribution in [3.8, 4) is 0 Å². The minimum absolute atomic E-state index is 0.0898. The molecule has 1 saturated heterocycles. The van der Waals surface area contributed by atoms with E-state index in [0.29, 0.717) is 13.2 Å². The van der Waals surface area contributed by atoms with Crippen molar-refractivity contribution in [3.63, 3.8) is 0 Å². The van der Waals surface area contributed by atoms with Crippen LogP contribution in [-0.2, 0) is 14.3 Å². The molecule has 2 N–H and O–H groups in total. The predicted molar refractivity (Wildman–Crippen MR) is 79.7 cm³/mol. The summed E-state index contributed by atoms with van der Waals surface area (Å²) >= 11 is 0. The standard InChI is InChI=1S/C16H26N2O3/c1-15(2)13-12(6-9-21-13)16(15,17)14(19)18-7-4-11(5-8-18)10-20-3/h4,12-13H,5-10,17H2,1-3H3. The molecule has 0 aromatic carbocycles. The number of rotatable bonds is 3. The van der Waals surface area contributed by atoms with Crippen LogP contribution in [-0.4, -0.2) is 55.9 Å². The predicted octanol–water partition coefficient (Wildman–Crippen LogP) is 0.934. The van der Waals surface area contributed by atoms with Gasteiger partial charge in [0.25, 0.3) is 0 Å². The van der Waals surface area contributed by atoms with Gasteiger partial charge in [0.1, 0.15) is 5.54 Å². The highest BCUT2D eigenvalue weighted by Gasteiger charge is 2.71. The van der Waals surface area contributed by atoms with Crippen LogP contribution in [0.15, 0.2) is 11.6 Å². The monoisotopic (exact) mass is 294 g/mol. The topological polar surface area (TPSA) is 64.8 Å². The summed E-state index contributed by atoms with van der Waals surface area (Å²) in [6, 6.07) is 0. The van der Waals surface area contributed by atoms with Gasteiger partial charge in [-0.15, -0.1) is 0 Å². The Morgan fingerprint density at radius 1 is 1.57 bits per heavy atom. The fourth-order valence-electron chi connectivity index (χ4n) is 4.29. The molecule has 3 atom stereocenters. The first kappa shape index (κ1) is 15.0. The average molecular weight is 294 g/mol. The van der Waals surface area contributed by atoms with Gasteiger partial charge in [-0.2, -0.15) is 0 Å². The quantitative estimate of drug-likeness (QED) is 0.787.